The van der Waals surface area contributed by atoms with Gasteiger partial charge in [-0.3, -0.25) is 9.78 Å². The Hall–Kier alpha value is -2.53. The van der Waals surface area contributed by atoms with E-state index in [9.17, 15) is 4.79 Å². The summed E-state index contributed by atoms with van der Waals surface area (Å²) in [7, 11) is 0. The molecule has 2 heterocycles. The van der Waals surface area contributed by atoms with E-state index in [1.54, 1.807) is 17.3 Å². The molecule has 116 valence electrons. The van der Waals surface area contributed by atoms with E-state index in [2.05, 4.69) is 9.97 Å². The Bertz CT molecular complexity index is 771. The van der Waals surface area contributed by atoms with Crippen molar-refractivity contribution in [2.24, 2.45) is 0 Å². The van der Waals surface area contributed by atoms with Crippen molar-refractivity contribution >= 4 is 17.2 Å². The fourth-order valence-corrected chi connectivity index (χ4v) is 3.09. The van der Waals surface area contributed by atoms with Crippen LogP contribution in [0, 0.1) is 0 Å². The summed E-state index contributed by atoms with van der Waals surface area (Å²) in [4.78, 5) is 23.0. The fraction of sp³-hybridized carbons (Fsp3) is 0.167. The highest BCUT2D eigenvalue weighted by atomic mass is 32.1. The van der Waals surface area contributed by atoms with Crippen LogP contribution >= 0.6 is 11.3 Å². The van der Waals surface area contributed by atoms with Gasteiger partial charge >= 0.3 is 0 Å². The highest BCUT2D eigenvalue weighted by molar-refractivity contribution is 7.13. The SMILES string of the molecule is CCN(Cc1ccccc1)C(=O)c1csc(-c2ccncc2)n1. The van der Waals surface area contributed by atoms with E-state index >= 15 is 0 Å². The molecule has 0 N–H and O–H groups in total. The van der Waals surface area contributed by atoms with Crippen LogP contribution in [0.4, 0.5) is 0 Å². The summed E-state index contributed by atoms with van der Waals surface area (Å²) in [6, 6.07) is 13.8. The van der Waals surface area contributed by atoms with Crippen molar-refractivity contribution < 1.29 is 4.79 Å². The lowest BCUT2D eigenvalue weighted by Gasteiger charge is -2.19. The number of benzene rings is 1. The molecule has 3 aromatic rings. The fourth-order valence-electron chi connectivity index (χ4n) is 2.29. The molecule has 3 rings (SSSR count). The van der Waals surface area contributed by atoms with Gasteiger partial charge in [0.15, 0.2) is 0 Å². The van der Waals surface area contributed by atoms with Crippen LogP contribution in [-0.2, 0) is 6.54 Å². The Labute approximate surface area is 139 Å². The second-order valence-corrected chi connectivity index (χ2v) is 5.94. The molecule has 0 bridgehead atoms. The van der Waals surface area contributed by atoms with Crippen LogP contribution in [0.25, 0.3) is 10.6 Å². The Morgan fingerprint density at radius 1 is 1.13 bits per heavy atom. The van der Waals surface area contributed by atoms with Gasteiger partial charge in [0.2, 0.25) is 0 Å². The van der Waals surface area contributed by atoms with E-state index in [0.29, 0.717) is 18.8 Å². The summed E-state index contributed by atoms with van der Waals surface area (Å²) in [5.41, 5.74) is 2.60. The third-order valence-corrected chi connectivity index (χ3v) is 4.43. The minimum Gasteiger partial charge on any atom is -0.333 e. The normalized spacial score (nSPS) is 10.5. The molecule has 0 spiro atoms. The topological polar surface area (TPSA) is 46.1 Å². The van der Waals surface area contributed by atoms with Crippen LogP contribution in [0.5, 0.6) is 0 Å². The molecule has 4 nitrogen and oxygen atoms in total. The van der Waals surface area contributed by atoms with Gasteiger partial charge in [0.1, 0.15) is 10.7 Å². The van der Waals surface area contributed by atoms with E-state index in [4.69, 9.17) is 0 Å². The number of hydrogen-bond donors (Lipinski definition) is 0. The first kappa shape index (κ1) is 15.4. The first-order valence-corrected chi connectivity index (χ1v) is 8.35. The molecule has 2 aromatic heterocycles. The molecule has 0 saturated carbocycles. The molecule has 0 aliphatic heterocycles. The summed E-state index contributed by atoms with van der Waals surface area (Å²) >= 11 is 1.48. The average molecular weight is 323 g/mol. The van der Waals surface area contributed by atoms with Gasteiger partial charge in [-0.25, -0.2) is 4.98 Å². The lowest BCUT2D eigenvalue weighted by atomic mass is 10.2. The zero-order chi connectivity index (χ0) is 16.1. The molecule has 1 aromatic carbocycles. The van der Waals surface area contributed by atoms with Gasteiger partial charge in [-0.15, -0.1) is 11.3 Å². The van der Waals surface area contributed by atoms with Gasteiger partial charge in [-0.05, 0) is 24.6 Å². The van der Waals surface area contributed by atoms with E-state index in [0.717, 1.165) is 16.1 Å². The summed E-state index contributed by atoms with van der Waals surface area (Å²) in [5, 5.41) is 2.66. The van der Waals surface area contributed by atoms with Crippen LogP contribution in [0.15, 0.2) is 60.2 Å². The summed E-state index contributed by atoms with van der Waals surface area (Å²) < 4.78 is 0. The Morgan fingerprint density at radius 3 is 2.57 bits per heavy atom. The van der Waals surface area contributed by atoms with E-state index in [-0.39, 0.29) is 5.91 Å². The van der Waals surface area contributed by atoms with E-state index < -0.39 is 0 Å². The minimum atomic E-state index is -0.0343. The molecule has 0 fully saturated rings. The minimum absolute atomic E-state index is 0.0343. The maximum atomic E-state index is 12.7. The second kappa shape index (κ2) is 7.15. The molecule has 0 atom stereocenters. The highest BCUT2D eigenvalue weighted by Crippen LogP contribution is 2.23. The monoisotopic (exact) mass is 323 g/mol. The van der Waals surface area contributed by atoms with Crippen LogP contribution in [0.3, 0.4) is 0 Å². The molecule has 1 amide bonds. The zero-order valence-corrected chi connectivity index (χ0v) is 13.7. The molecule has 5 heteroatoms. The third kappa shape index (κ3) is 3.63. The Morgan fingerprint density at radius 2 is 1.87 bits per heavy atom. The summed E-state index contributed by atoms with van der Waals surface area (Å²) in [5.74, 6) is -0.0343. The molecule has 23 heavy (non-hydrogen) atoms. The van der Waals surface area contributed by atoms with E-state index in [1.807, 2.05) is 54.8 Å². The molecular weight excluding hydrogens is 306 g/mol. The van der Waals surface area contributed by atoms with Crippen molar-refractivity contribution in [3.63, 3.8) is 0 Å². The van der Waals surface area contributed by atoms with E-state index in [1.165, 1.54) is 11.3 Å². The molecule has 0 aliphatic carbocycles. The predicted molar refractivity (Wildman–Crippen MR) is 92.2 cm³/mol. The van der Waals surface area contributed by atoms with Crippen LogP contribution in [0.2, 0.25) is 0 Å². The standard InChI is InChI=1S/C18H17N3OS/c1-2-21(12-14-6-4-3-5-7-14)18(22)16-13-23-17(20-16)15-8-10-19-11-9-15/h3-11,13H,2,12H2,1H3. The molecule has 0 saturated heterocycles. The maximum absolute atomic E-state index is 12.7. The smallest absolute Gasteiger partial charge is 0.273 e. The Balaban J connectivity index is 1.78. The van der Waals surface area contributed by atoms with Crippen molar-refractivity contribution in [3.8, 4) is 10.6 Å². The molecule has 0 radical (unpaired) electrons. The lowest BCUT2D eigenvalue weighted by molar-refractivity contribution is 0.0747. The number of aromatic nitrogens is 2. The van der Waals surface area contributed by atoms with Crippen LogP contribution < -0.4 is 0 Å². The average Bonchev–Trinajstić information content (AvgIpc) is 3.11. The summed E-state index contributed by atoms with van der Waals surface area (Å²) in [6.07, 6.45) is 3.46. The third-order valence-electron chi connectivity index (χ3n) is 3.54. The summed E-state index contributed by atoms with van der Waals surface area (Å²) in [6.45, 7) is 3.23. The van der Waals surface area contributed by atoms with Crippen molar-refractivity contribution in [1.82, 2.24) is 14.9 Å². The first-order valence-electron chi connectivity index (χ1n) is 7.47. The van der Waals surface area contributed by atoms with Gasteiger partial charge in [0, 0.05) is 36.4 Å². The molecule has 0 unspecified atom stereocenters. The number of carbonyl (C=O) groups is 1. The number of rotatable bonds is 5. The van der Waals surface area contributed by atoms with Crippen LogP contribution in [-0.4, -0.2) is 27.3 Å². The van der Waals surface area contributed by atoms with Crippen molar-refractivity contribution in [2.45, 2.75) is 13.5 Å². The van der Waals surface area contributed by atoms with Crippen molar-refractivity contribution in [3.05, 3.63) is 71.5 Å². The van der Waals surface area contributed by atoms with Crippen molar-refractivity contribution in [2.75, 3.05) is 6.54 Å². The zero-order valence-electron chi connectivity index (χ0n) is 12.8. The first-order chi connectivity index (χ1) is 11.3. The molecule has 0 aliphatic rings. The number of nitrogens with zero attached hydrogens (tertiary/aromatic N) is 3. The number of hydrogen-bond acceptors (Lipinski definition) is 4. The quantitative estimate of drug-likeness (QED) is 0.716. The van der Waals surface area contributed by atoms with Gasteiger partial charge < -0.3 is 4.90 Å². The van der Waals surface area contributed by atoms with Gasteiger partial charge in [-0.1, -0.05) is 30.3 Å². The predicted octanol–water partition coefficient (Wildman–Crippen LogP) is 3.87. The number of carbonyl (C=O) groups excluding carboxylic acids is 1. The number of thiazole rings is 1. The second-order valence-electron chi connectivity index (χ2n) is 5.08. The van der Waals surface area contributed by atoms with Crippen molar-refractivity contribution in [1.29, 1.82) is 0 Å². The highest BCUT2D eigenvalue weighted by Gasteiger charge is 2.18. The van der Waals surface area contributed by atoms with Gasteiger partial charge in [-0.2, -0.15) is 0 Å². The van der Waals surface area contributed by atoms with Gasteiger partial charge in [0.25, 0.3) is 5.91 Å². The largest absolute Gasteiger partial charge is 0.333 e. The Kier molecular flexibility index (Phi) is 4.78. The van der Waals surface area contributed by atoms with Crippen LogP contribution in [0.1, 0.15) is 23.0 Å². The number of pyridine rings is 1. The van der Waals surface area contributed by atoms with Gasteiger partial charge in [0.05, 0.1) is 0 Å². The lowest BCUT2D eigenvalue weighted by Crippen LogP contribution is -2.30. The maximum Gasteiger partial charge on any atom is 0.273 e. The molecular formula is C18H17N3OS. The number of amides is 1.